The topological polar surface area (TPSA) is 60.9 Å². The summed E-state index contributed by atoms with van der Waals surface area (Å²) in [6, 6.07) is 4.27. The molecule has 0 heterocycles. The summed E-state index contributed by atoms with van der Waals surface area (Å²) in [7, 11) is 0.210. The van der Waals surface area contributed by atoms with E-state index >= 15 is 0 Å². The van der Waals surface area contributed by atoms with Crippen molar-refractivity contribution in [2.45, 2.75) is 31.4 Å². The lowest BCUT2D eigenvalue weighted by molar-refractivity contribution is 0.271. The highest BCUT2D eigenvalue weighted by Crippen LogP contribution is 2.24. The van der Waals surface area contributed by atoms with E-state index in [1.165, 1.54) is 16.4 Å². The number of hydrogen-bond donors (Lipinski definition) is 1. The molecule has 5 nitrogen and oxygen atoms in total. The average Bonchev–Trinajstić information content (AvgIpc) is 2.38. The molecular weight excluding hydrogens is 312 g/mol. The molecule has 0 aliphatic heterocycles. The minimum absolute atomic E-state index is 0.147. The van der Waals surface area contributed by atoms with Gasteiger partial charge in [-0.2, -0.15) is 4.31 Å². The lowest BCUT2D eigenvalue weighted by Gasteiger charge is -2.29. The maximum atomic E-state index is 12.7. The van der Waals surface area contributed by atoms with E-state index in [9.17, 15) is 8.42 Å². The third-order valence-electron chi connectivity index (χ3n) is 3.23. The van der Waals surface area contributed by atoms with Crippen LogP contribution in [0.4, 0.5) is 0 Å². The Morgan fingerprint density at radius 3 is 2.38 bits per heavy atom. The van der Waals surface area contributed by atoms with E-state index in [4.69, 9.17) is 16.7 Å². The monoisotopic (exact) mass is 334 g/mol. The van der Waals surface area contributed by atoms with Gasteiger partial charge in [0, 0.05) is 24.2 Å². The molecule has 1 N–H and O–H groups in total. The fraction of sp³-hybridized carbons (Fsp3) is 0.571. The molecule has 1 rings (SSSR count). The first kappa shape index (κ1) is 18.4. The molecule has 0 aliphatic carbocycles. The molecule has 21 heavy (non-hydrogen) atoms. The van der Waals surface area contributed by atoms with Crippen LogP contribution in [0.2, 0.25) is 5.02 Å². The molecule has 1 atom stereocenters. The van der Waals surface area contributed by atoms with Gasteiger partial charge in [-0.3, -0.25) is 0 Å². The number of likely N-dealkylation sites (N-methyl/N-ethyl adjacent to an activating group) is 2. The van der Waals surface area contributed by atoms with Crippen LogP contribution >= 0.6 is 11.6 Å². The van der Waals surface area contributed by atoms with E-state index in [0.29, 0.717) is 18.7 Å². The van der Waals surface area contributed by atoms with Crippen LogP contribution in [-0.2, 0) is 16.6 Å². The van der Waals surface area contributed by atoms with Crippen molar-refractivity contribution < 1.29 is 13.5 Å². The van der Waals surface area contributed by atoms with E-state index in [1.54, 1.807) is 6.07 Å². The van der Waals surface area contributed by atoms with E-state index < -0.39 is 10.0 Å². The number of rotatable bonds is 7. The van der Waals surface area contributed by atoms with Gasteiger partial charge in [0.2, 0.25) is 10.0 Å². The van der Waals surface area contributed by atoms with Gasteiger partial charge in [-0.1, -0.05) is 24.6 Å². The minimum Gasteiger partial charge on any atom is -0.392 e. The molecule has 0 bridgehead atoms. The zero-order chi connectivity index (χ0) is 16.2. The molecule has 1 aromatic carbocycles. The number of aliphatic hydroxyl groups excluding tert-OH is 1. The third kappa shape index (κ3) is 4.40. The second-order valence-corrected chi connectivity index (χ2v) is 7.53. The Balaban J connectivity index is 3.15. The van der Waals surface area contributed by atoms with Crippen molar-refractivity contribution in [1.82, 2.24) is 9.21 Å². The highest BCUT2D eigenvalue weighted by molar-refractivity contribution is 7.89. The standard InChI is InChI=1S/C14H23ClN2O3S/c1-5-17(11(2)9-16(3)4)21(19,20)13-7-6-12(10-18)14(15)8-13/h6-8,11,18H,5,9-10H2,1-4H3. The Bertz CT molecular complexity index is 576. The van der Waals surface area contributed by atoms with Crippen LogP contribution in [0, 0.1) is 0 Å². The smallest absolute Gasteiger partial charge is 0.243 e. The summed E-state index contributed by atoms with van der Waals surface area (Å²) in [6.07, 6.45) is 0. The first-order valence-electron chi connectivity index (χ1n) is 6.79. The average molecular weight is 335 g/mol. The van der Waals surface area contributed by atoms with Crippen LogP contribution < -0.4 is 0 Å². The normalized spacial score (nSPS) is 13.9. The van der Waals surface area contributed by atoms with Crippen LogP contribution in [0.25, 0.3) is 0 Å². The first-order valence-corrected chi connectivity index (χ1v) is 8.61. The minimum atomic E-state index is -3.60. The van der Waals surface area contributed by atoms with Crippen molar-refractivity contribution in [3.8, 4) is 0 Å². The van der Waals surface area contributed by atoms with Crippen LogP contribution in [0.15, 0.2) is 23.1 Å². The van der Waals surface area contributed by atoms with E-state index in [-0.39, 0.29) is 22.6 Å². The molecule has 0 aliphatic rings. The SMILES string of the molecule is CCN(C(C)CN(C)C)S(=O)(=O)c1ccc(CO)c(Cl)c1. The molecule has 0 saturated carbocycles. The lowest BCUT2D eigenvalue weighted by Crippen LogP contribution is -2.43. The Kier molecular flexibility index (Phi) is 6.62. The third-order valence-corrected chi connectivity index (χ3v) is 5.67. The van der Waals surface area contributed by atoms with Gasteiger partial charge in [0.15, 0.2) is 0 Å². The summed E-state index contributed by atoms with van der Waals surface area (Å²) in [5.41, 5.74) is 0.514. The highest BCUT2D eigenvalue weighted by atomic mass is 35.5. The van der Waals surface area contributed by atoms with Crippen LogP contribution in [0.3, 0.4) is 0 Å². The van der Waals surface area contributed by atoms with Gasteiger partial charge < -0.3 is 10.0 Å². The van der Waals surface area contributed by atoms with Gasteiger partial charge >= 0.3 is 0 Å². The van der Waals surface area contributed by atoms with Gasteiger partial charge in [-0.15, -0.1) is 0 Å². The molecule has 0 fully saturated rings. The predicted octanol–water partition coefficient (Wildman–Crippen LogP) is 1.79. The number of aliphatic hydroxyl groups is 1. The zero-order valence-corrected chi connectivity index (χ0v) is 14.4. The first-order chi connectivity index (χ1) is 9.73. The van der Waals surface area contributed by atoms with Crippen molar-refractivity contribution in [2.75, 3.05) is 27.2 Å². The Hall–Kier alpha value is -0.660. The molecule has 0 spiro atoms. The molecule has 0 saturated heterocycles. The zero-order valence-electron chi connectivity index (χ0n) is 12.9. The van der Waals surface area contributed by atoms with Gasteiger partial charge in [-0.25, -0.2) is 8.42 Å². The highest BCUT2D eigenvalue weighted by Gasteiger charge is 2.28. The molecular formula is C14H23ClN2O3S. The molecule has 0 radical (unpaired) electrons. The summed E-state index contributed by atoms with van der Waals surface area (Å²) in [4.78, 5) is 2.10. The van der Waals surface area contributed by atoms with Crippen molar-refractivity contribution in [3.05, 3.63) is 28.8 Å². The van der Waals surface area contributed by atoms with Crippen molar-refractivity contribution >= 4 is 21.6 Å². The largest absolute Gasteiger partial charge is 0.392 e. The summed E-state index contributed by atoms with van der Waals surface area (Å²) >= 11 is 6.00. The second kappa shape index (κ2) is 7.56. The van der Waals surface area contributed by atoms with Crippen LogP contribution in [0.5, 0.6) is 0 Å². The molecule has 7 heteroatoms. The molecule has 1 aromatic rings. The Labute approximate surface area is 132 Å². The summed E-state index contributed by atoms with van der Waals surface area (Å²) in [5.74, 6) is 0. The van der Waals surface area contributed by atoms with Crippen molar-refractivity contribution in [3.63, 3.8) is 0 Å². The Morgan fingerprint density at radius 1 is 1.33 bits per heavy atom. The van der Waals surface area contributed by atoms with Gasteiger partial charge in [0.25, 0.3) is 0 Å². The van der Waals surface area contributed by atoms with E-state index in [2.05, 4.69) is 0 Å². The molecule has 0 amide bonds. The summed E-state index contributed by atoms with van der Waals surface area (Å²) in [6.45, 7) is 4.50. The Morgan fingerprint density at radius 2 is 1.95 bits per heavy atom. The predicted molar refractivity (Wildman–Crippen MR) is 85.0 cm³/mol. The second-order valence-electron chi connectivity index (χ2n) is 5.23. The number of benzene rings is 1. The van der Waals surface area contributed by atoms with Gasteiger partial charge in [0.05, 0.1) is 11.5 Å². The van der Waals surface area contributed by atoms with E-state index in [1.807, 2.05) is 32.8 Å². The number of nitrogens with zero attached hydrogens (tertiary/aromatic N) is 2. The van der Waals surface area contributed by atoms with Crippen molar-refractivity contribution in [1.29, 1.82) is 0 Å². The molecule has 120 valence electrons. The summed E-state index contributed by atoms with van der Waals surface area (Å²) < 4.78 is 26.9. The molecule has 0 aromatic heterocycles. The van der Waals surface area contributed by atoms with Gasteiger partial charge in [0.1, 0.15) is 0 Å². The number of sulfonamides is 1. The maximum Gasteiger partial charge on any atom is 0.243 e. The van der Waals surface area contributed by atoms with E-state index in [0.717, 1.165) is 0 Å². The quantitative estimate of drug-likeness (QED) is 0.826. The molecule has 1 unspecified atom stereocenters. The number of hydrogen-bond acceptors (Lipinski definition) is 4. The maximum absolute atomic E-state index is 12.7. The lowest BCUT2D eigenvalue weighted by atomic mass is 10.2. The van der Waals surface area contributed by atoms with Crippen molar-refractivity contribution in [2.24, 2.45) is 0 Å². The fourth-order valence-electron chi connectivity index (χ4n) is 2.29. The van der Waals surface area contributed by atoms with Crippen LogP contribution in [0.1, 0.15) is 19.4 Å². The van der Waals surface area contributed by atoms with Crippen LogP contribution in [-0.4, -0.2) is 56.0 Å². The number of halogens is 1. The fourth-order valence-corrected chi connectivity index (χ4v) is 4.25. The van der Waals surface area contributed by atoms with Gasteiger partial charge in [-0.05, 0) is 38.7 Å². The summed E-state index contributed by atoms with van der Waals surface area (Å²) in [5, 5.41) is 9.36.